The van der Waals surface area contributed by atoms with Crippen LogP contribution in [0.3, 0.4) is 0 Å². The molecule has 53 heavy (non-hydrogen) atoms. The van der Waals surface area contributed by atoms with Crippen LogP contribution < -0.4 is 0 Å². The third kappa shape index (κ3) is 39.5. The van der Waals surface area contributed by atoms with E-state index in [0.29, 0.717) is 25.7 Å². The molecular weight excluding hydrogens is 691 g/mol. The maximum Gasteiger partial charge on any atom is 0.469 e. The molecule has 9 nitrogen and oxygen atoms in total. The van der Waals surface area contributed by atoms with Gasteiger partial charge in [-0.25, -0.2) is 4.57 Å². The Kier molecular flexibility index (Phi) is 34.3. The average Bonchev–Trinajstić information content (AvgIpc) is 3.12. The summed E-state index contributed by atoms with van der Waals surface area (Å²) < 4.78 is 26.2. The lowest BCUT2D eigenvalue weighted by molar-refractivity contribution is -0.161. The normalized spacial score (nSPS) is 14.4. The van der Waals surface area contributed by atoms with Crippen molar-refractivity contribution < 1.29 is 43.0 Å². The maximum atomic E-state index is 12.3. The van der Waals surface area contributed by atoms with E-state index in [1.54, 1.807) is 6.08 Å². The summed E-state index contributed by atoms with van der Waals surface area (Å²) in [4.78, 5) is 42.7. The molecule has 0 bridgehead atoms. The molecule has 10 heteroatoms. The number of esters is 2. The van der Waals surface area contributed by atoms with Gasteiger partial charge in [0.1, 0.15) is 6.61 Å². The summed E-state index contributed by atoms with van der Waals surface area (Å²) in [7, 11) is -4.80. The van der Waals surface area contributed by atoms with Gasteiger partial charge in [0.15, 0.2) is 6.10 Å². The number of hydrogen-bond donors (Lipinski definition) is 3. The fraction of sp³-hybridized carbons (Fsp3) is 0.488. The number of rotatable bonds is 32. The first kappa shape index (κ1) is 49.4. The number of unbranched alkanes of at least 4 members (excludes halogenated alkanes) is 2. The molecule has 296 valence electrons. The van der Waals surface area contributed by atoms with Crippen LogP contribution in [0.4, 0.5) is 0 Å². The van der Waals surface area contributed by atoms with Gasteiger partial charge in [0, 0.05) is 12.8 Å². The Morgan fingerprint density at radius 2 is 1.09 bits per heavy atom. The Morgan fingerprint density at radius 1 is 0.585 bits per heavy atom. The van der Waals surface area contributed by atoms with Gasteiger partial charge in [0.2, 0.25) is 0 Å². The van der Waals surface area contributed by atoms with Crippen molar-refractivity contribution in [1.82, 2.24) is 0 Å². The van der Waals surface area contributed by atoms with E-state index in [2.05, 4.69) is 85.2 Å². The largest absolute Gasteiger partial charge is 0.469 e. The van der Waals surface area contributed by atoms with Crippen molar-refractivity contribution in [1.29, 1.82) is 0 Å². The summed E-state index contributed by atoms with van der Waals surface area (Å²) in [6.45, 7) is 3.23. The van der Waals surface area contributed by atoms with Crippen LogP contribution in [0, 0.1) is 0 Å². The fourth-order valence-corrected chi connectivity index (χ4v) is 4.66. The predicted octanol–water partition coefficient (Wildman–Crippen LogP) is 10.4. The molecule has 0 aromatic heterocycles. The zero-order chi connectivity index (χ0) is 39.1. The number of aliphatic hydroxyl groups excluding tert-OH is 1. The zero-order valence-corrected chi connectivity index (χ0v) is 32.9. The van der Waals surface area contributed by atoms with Gasteiger partial charge in [0.05, 0.1) is 12.7 Å². The third-order valence-electron chi connectivity index (χ3n) is 7.07. The smallest absolute Gasteiger partial charge is 0.462 e. The Morgan fingerprint density at radius 3 is 1.66 bits per heavy atom. The van der Waals surface area contributed by atoms with Crippen LogP contribution in [0.2, 0.25) is 0 Å². The van der Waals surface area contributed by atoms with E-state index in [4.69, 9.17) is 19.3 Å². The molecule has 0 rings (SSSR count). The third-order valence-corrected chi connectivity index (χ3v) is 7.55. The molecule has 0 fully saturated rings. The summed E-state index contributed by atoms with van der Waals surface area (Å²) >= 11 is 0. The van der Waals surface area contributed by atoms with Crippen LogP contribution in [0.25, 0.3) is 0 Å². The number of allylic oxidation sites excluding steroid dienone is 18. The lowest BCUT2D eigenvalue weighted by atomic mass is 10.2. The first-order valence-electron chi connectivity index (χ1n) is 18.9. The van der Waals surface area contributed by atoms with Crippen molar-refractivity contribution >= 4 is 19.8 Å². The Hall–Kier alpha value is -3.59. The van der Waals surface area contributed by atoms with Gasteiger partial charge in [0.25, 0.3) is 0 Å². The Balaban J connectivity index is 4.25. The highest BCUT2D eigenvalue weighted by molar-refractivity contribution is 7.46. The van der Waals surface area contributed by atoms with Gasteiger partial charge in [-0.15, -0.1) is 0 Å². The second-order valence-electron chi connectivity index (χ2n) is 12.0. The van der Waals surface area contributed by atoms with Crippen LogP contribution in [0.5, 0.6) is 0 Å². The summed E-state index contributed by atoms with van der Waals surface area (Å²) in [6.07, 6.45) is 49.8. The molecule has 2 atom stereocenters. The van der Waals surface area contributed by atoms with E-state index in [-0.39, 0.29) is 19.4 Å². The SMILES string of the molecule is CC/C=C\C/C=C\C/C=C\C/C=C\CCCCC(=O)OC[C@H](COP(=O)(O)O)OC(=O)CC/C=C\C/C=C\C/C=C\C/C=C/C=C/C(O)C/C=C\CC. The van der Waals surface area contributed by atoms with Gasteiger partial charge < -0.3 is 24.4 Å². The predicted molar refractivity (Wildman–Crippen MR) is 217 cm³/mol. The number of phosphoric acid groups is 1. The first-order chi connectivity index (χ1) is 25.7. The van der Waals surface area contributed by atoms with E-state index in [9.17, 15) is 19.3 Å². The highest BCUT2D eigenvalue weighted by atomic mass is 31.2. The van der Waals surface area contributed by atoms with Crippen LogP contribution in [0.1, 0.15) is 110 Å². The van der Waals surface area contributed by atoms with Crippen LogP contribution in [-0.2, 0) is 28.2 Å². The second kappa shape index (κ2) is 36.8. The van der Waals surface area contributed by atoms with Crippen molar-refractivity contribution in [2.24, 2.45) is 0 Å². The standard InChI is InChI=1S/C43H65O9P/c1-3-5-7-8-9-10-11-12-13-16-19-22-25-28-32-36-42(45)50-38-41(39-51-53(47,48)49)52-43(46)37-33-29-26-23-20-17-14-15-18-21-24-27-31-35-40(44)34-30-6-4-2/h5-7,9-10,12-13,15,17-20,22,24,26-27,29-31,35,40-41,44H,3-4,8,11,14,16,21,23,25,28,32-34,36-39H2,1-2H3,(H2,47,48,49)/b7-5-,10-9-,13-12-,18-15-,20-17-,22-19-,27-24+,29-26-,30-6-,35-31+/t40?,41-/m1/s1. The molecule has 0 aliphatic rings. The molecule has 0 spiro atoms. The maximum absolute atomic E-state index is 12.3. The number of phosphoric ester groups is 1. The molecule has 0 amide bonds. The summed E-state index contributed by atoms with van der Waals surface area (Å²) in [5.41, 5.74) is 0. The number of hydrogen-bond acceptors (Lipinski definition) is 7. The molecule has 0 aliphatic heterocycles. The van der Waals surface area contributed by atoms with Crippen LogP contribution >= 0.6 is 7.82 Å². The lowest BCUT2D eigenvalue weighted by Gasteiger charge is -2.18. The minimum absolute atomic E-state index is 0.0537. The van der Waals surface area contributed by atoms with E-state index in [1.165, 1.54) is 0 Å². The number of carbonyl (C=O) groups excluding carboxylic acids is 2. The molecule has 0 aromatic rings. The molecule has 0 saturated carbocycles. The minimum atomic E-state index is -4.80. The molecule has 1 unspecified atom stereocenters. The van der Waals surface area contributed by atoms with Crippen molar-refractivity contribution in [3.8, 4) is 0 Å². The molecule has 0 saturated heterocycles. The van der Waals surface area contributed by atoms with Gasteiger partial charge in [-0.2, -0.15) is 0 Å². The van der Waals surface area contributed by atoms with Crippen molar-refractivity contribution in [2.45, 2.75) is 122 Å². The van der Waals surface area contributed by atoms with E-state index >= 15 is 0 Å². The zero-order valence-electron chi connectivity index (χ0n) is 32.0. The van der Waals surface area contributed by atoms with Gasteiger partial charge in [-0.05, 0) is 83.5 Å². The lowest BCUT2D eigenvalue weighted by Crippen LogP contribution is -2.29. The Labute approximate surface area is 319 Å². The Bertz CT molecular complexity index is 1280. The van der Waals surface area contributed by atoms with Crippen molar-refractivity contribution in [3.05, 3.63) is 122 Å². The minimum Gasteiger partial charge on any atom is -0.462 e. The van der Waals surface area contributed by atoms with Crippen molar-refractivity contribution in [2.75, 3.05) is 13.2 Å². The van der Waals surface area contributed by atoms with Gasteiger partial charge in [-0.3, -0.25) is 14.1 Å². The first-order valence-corrected chi connectivity index (χ1v) is 20.5. The topological polar surface area (TPSA) is 140 Å². The molecular formula is C43H65O9P. The molecule has 0 radical (unpaired) electrons. The monoisotopic (exact) mass is 756 g/mol. The molecule has 0 aromatic carbocycles. The van der Waals surface area contributed by atoms with Crippen LogP contribution in [-0.4, -0.2) is 52.3 Å². The highest BCUT2D eigenvalue weighted by Gasteiger charge is 2.22. The molecule has 0 aliphatic carbocycles. The number of carbonyl (C=O) groups is 2. The molecule has 3 N–H and O–H groups in total. The second-order valence-corrected chi connectivity index (χ2v) is 13.2. The highest BCUT2D eigenvalue weighted by Crippen LogP contribution is 2.35. The summed E-state index contributed by atoms with van der Waals surface area (Å²) in [5.74, 6) is -1.07. The van der Waals surface area contributed by atoms with E-state index in [1.807, 2.05) is 48.6 Å². The van der Waals surface area contributed by atoms with Gasteiger partial charge in [-0.1, -0.05) is 135 Å². The van der Waals surface area contributed by atoms with Crippen LogP contribution in [0.15, 0.2) is 122 Å². The summed E-state index contributed by atoms with van der Waals surface area (Å²) in [5, 5.41) is 9.81. The fourth-order valence-electron chi connectivity index (χ4n) is 4.29. The summed E-state index contributed by atoms with van der Waals surface area (Å²) in [6, 6.07) is 0. The van der Waals surface area contributed by atoms with Gasteiger partial charge >= 0.3 is 19.8 Å². The van der Waals surface area contributed by atoms with E-state index < -0.39 is 38.6 Å². The average molecular weight is 757 g/mol. The van der Waals surface area contributed by atoms with E-state index in [0.717, 1.165) is 57.8 Å². The quantitative estimate of drug-likeness (QED) is 0.0201. The number of aliphatic hydroxyl groups is 1. The molecule has 0 heterocycles. The number of ether oxygens (including phenoxy) is 2. The van der Waals surface area contributed by atoms with Crippen molar-refractivity contribution in [3.63, 3.8) is 0 Å².